The summed E-state index contributed by atoms with van der Waals surface area (Å²) >= 11 is 0. The fourth-order valence-corrected chi connectivity index (χ4v) is 3.61. The third kappa shape index (κ3) is 6.29. The lowest BCUT2D eigenvalue weighted by molar-refractivity contribution is -0.133. The molecule has 0 bridgehead atoms. The van der Waals surface area contributed by atoms with Crippen molar-refractivity contribution < 1.29 is 19.4 Å². The maximum absolute atomic E-state index is 11.5. The second-order valence-electron chi connectivity index (χ2n) is 8.09. The molecule has 10 heteroatoms. The Morgan fingerprint density at radius 1 is 1.26 bits per heavy atom. The van der Waals surface area contributed by atoms with Crippen molar-refractivity contribution in [1.82, 2.24) is 19.9 Å². The van der Waals surface area contributed by atoms with Crippen molar-refractivity contribution in [2.45, 2.75) is 25.5 Å². The molecule has 1 saturated heterocycles. The Balaban J connectivity index is 1.45. The molecule has 180 valence electrons. The van der Waals surface area contributed by atoms with Crippen LogP contribution in [0.2, 0.25) is 0 Å². The summed E-state index contributed by atoms with van der Waals surface area (Å²) in [5, 5.41) is 21.7. The number of anilines is 2. The van der Waals surface area contributed by atoms with Crippen LogP contribution >= 0.6 is 0 Å². The first-order valence-corrected chi connectivity index (χ1v) is 11.2. The number of nitriles is 1. The van der Waals surface area contributed by atoms with Crippen molar-refractivity contribution in [1.29, 1.82) is 5.26 Å². The van der Waals surface area contributed by atoms with Gasteiger partial charge in [-0.15, -0.1) is 0 Å². The Morgan fingerprint density at radius 3 is 2.80 bits per heavy atom. The summed E-state index contributed by atoms with van der Waals surface area (Å²) in [6, 6.07) is 13.0. The largest absolute Gasteiger partial charge is 0.489 e. The lowest BCUT2D eigenvalue weighted by atomic mass is 10.1. The Kier molecular flexibility index (Phi) is 7.82. The van der Waals surface area contributed by atoms with E-state index in [0.717, 1.165) is 18.4 Å². The number of benzene rings is 1. The lowest BCUT2D eigenvalue weighted by Crippen LogP contribution is -2.28. The summed E-state index contributed by atoms with van der Waals surface area (Å²) < 4.78 is 11.4. The number of aliphatic hydroxyl groups excluding tert-OH is 1. The summed E-state index contributed by atoms with van der Waals surface area (Å²) in [5.41, 5.74) is 3.25. The third-order valence-corrected chi connectivity index (χ3v) is 5.55. The van der Waals surface area contributed by atoms with Gasteiger partial charge in [-0.25, -0.2) is 9.97 Å². The number of amides is 1. The quantitative estimate of drug-likeness (QED) is 0.505. The van der Waals surface area contributed by atoms with E-state index in [0.29, 0.717) is 54.1 Å². The first-order valence-electron chi connectivity index (χ1n) is 11.2. The van der Waals surface area contributed by atoms with Crippen LogP contribution in [0.4, 0.5) is 11.6 Å². The van der Waals surface area contributed by atoms with Crippen LogP contribution in [-0.4, -0.2) is 63.8 Å². The Bertz CT molecular complexity index is 1210. The first-order chi connectivity index (χ1) is 17.1. The standard InChI is InChI=1S/C25H26N6O4/c1-31(24(33)16-32)15-20-4-3-19(14-28-20)29-25-27-9-6-22(30-25)17-2-5-23(18(12-17)13-26)35-21-7-10-34-11-8-21/h2-6,9,12,14,21,32H,7-8,10-11,15-16H2,1H3,(H,27,29,30). The molecule has 0 aliphatic carbocycles. The number of likely N-dealkylation sites (N-methyl/N-ethyl adjacent to an activating group) is 1. The Labute approximate surface area is 203 Å². The number of carbonyl (C=O) groups excluding carboxylic acids is 1. The minimum atomic E-state index is -0.536. The summed E-state index contributed by atoms with van der Waals surface area (Å²) in [4.78, 5) is 26.1. The van der Waals surface area contributed by atoms with E-state index >= 15 is 0 Å². The highest BCUT2D eigenvalue weighted by Gasteiger charge is 2.17. The highest BCUT2D eigenvalue weighted by molar-refractivity contribution is 5.76. The molecule has 0 radical (unpaired) electrons. The van der Waals surface area contributed by atoms with E-state index in [9.17, 15) is 10.1 Å². The zero-order chi connectivity index (χ0) is 24.6. The van der Waals surface area contributed by atoms with Crippen LogP contribution in [-0.2, 0) is 16.1 Å². The number of rotatable bonds is 8. The number of ether oxygens (including phenoxy) is 2. The molecule has 0 saturated carbocycles. The van der Waals surface area contributed by atoms with Crippen LogP contribution in [0.25, 0.3) is 11.3 Å². The van der Waals surface area contributed by atoms with Gasteiger partial charge in [0.2, 0.25) is 11.9 Å². The minimum Gasteiger partial charge on any atom is -0.489 e. The lowest BCUT2D eigenvalue weighted by Gasteiger charge is -2.23. The molecule has 3 aromatic rings. The van der Waals surface area contributed by atoms with Crippen molar-refractivity contribution >= 4 is 17.5 Å². The number of hydrogen-bond acceptors (Lipinski definition) is 9. The van der Waals surface area contributed by atoms with Crippen LogP contribution in [0.1, 0.15) is 24.1 Å². The maximum atomic E-state index is 11.5. The first kappa shape index (κ1) is 24.1. The van der Waals surface area contributed by atoms with Crippen molar-refractivity contribution in [2.24, 2.45) is 0 Å². The molecule has 35 heavy (non-hydrogen) atoms. The van der Waals surface area contributed by atoms with Crippen molar-refractivity contribution in [3.05, 3.63) is 60.0 Å². The van der Waals surface area contributed by atoms with Gasteiger partial charge in [0.15, 0.2) is 0 Å². The smallest absolute Gasteiger partial charge is 0.248 e. The molecule has 0 atom stereocenters. The van der Waals surface area contributed by atoms with E-state index in [-0.39, 0.29) is 12.0 Å². The fraction of sp³-hybridized carbons (Fsp3) is 0.320. The van der Waals surface area contributed by atoms with Crippen LogP contribution in [0, 0.1) is 11.3 Å². The Morgan fingerprint density at radius 2 is 2.09 bits per heavy atom. The predicted octanol–water partition coefficient (Wildman–Crippen LogP) is 2.66. The van der Waals surface area contributed by atoms with Gasteiger partial charge >= 0.3 is 0 Å². The number of aromatic nitrogens is 3. The summed E-state index contributed by atoms with van der Waals surface area (Å²) in [5.74, 6) is 0.570. The topological polar surface area (TPSA) is 133 Å². The molecule has 4 rings (SSSR count). The van der Waals surface area contributed by atoms with Crippen LogP contribution in [0.15, 0.2) is 48.8 Å². The van der Waals surface area contributed by atoms with Crippen molar-refractivity contribution in [3.63, 3.8) is 0 Å². The molecule has 1 amide bonds. The van der Waals surface area contributed by atoms with E-state index in [1.165, 1.54) is 4.90 Å². The number of nitrogens with one attached hydrogen (secondary N) is 1. The zero-order valence-electron chi connectivity index (χ0n) is 19.3. The SMILES string of the molecule is CN(Cc1ccc(Nc2nccc(-c3ccc(OC4CCOCC4)c(C#N)c3)n2)cn1)C(=O)CO. The molecular weight excluding hydrogens is 448 g/mol. The highest BCUT2D eigenvalue weighted by atomic mass is 16.5. The molecule has 0 unspecified atom stereocenters. The maximum Gasteiger partial charge on any atom is 0.248 e. The molecule has 1 aromatic carbocycles. The van der Waals surface area contributed by atoms with Gasteiger partial charge in [0.1, 0.15) is 24.5 Å². The third-order valence-electron chi connectivity index (χ3n) is 5.55. The van der Waals surface area contributed by atoms with E-state index in [4.69, 9.17) is 14.6 Å². The number of nitrogens with zero attached hydrogens (tertiary/aromatic N) is 5. The zero-order valence-corrected chi connectivity index (χ0v) is 19.3. The fourth-order valence-electron chi connectivity index (χ4n) is 3.61. The summed E-state index contributed by atoms with van der Waals surface area (Å²) in [6.45, 7) is 1.09. The molecule has 3 heterocycles. The van der Waals surface area contributed by atoms with Gasteiger partial charge in [-0.2, -0.15) is 5.26 Å². The second-order valence-corrected chi connectivity index (χ2v) is 8.09. The average Bonchev–Trinajstić information content (AvgIpc) is 2.90. The molecule has 0 spiro atoms. The van der Waals surface area contributed by atoms with Crippen LogP contribution in [0.5, 0.6) is 5.75 Å². The van der Waals surface area contributed by atoms with Gasteiger partial charge in [-0.05, 0) is 36.4 Å². The number of aliphatic hydroxyl groups is 1. The van der Waals surface area contributed by atoms with Gasteiger partial charge < -0.3 is 24.8 Å². The number of hydrogen-bond donors (Lipinski definition) is 2. The van der Waals surface area contributed by atoms with E-state index < -0.39 is 6.61 Å². The number of pyridine rings is 1. The molecule has 1 fully saturated rings. The molecule has 10 nitrogen and oxygen atoms in total. The molecule has 1 aliphatic heterocycles. The van der Waals surface area contributed by atoms with Crippen LogP contribution in [0.3, 0.4) is 0 Å². The van der Waals surface area contributed by atoms with Crippen molar-refractivity contribution in [2.75, 3.05) is 32.2 Å². The van der Waals surface area contributed by atoms with Gasteiger partial charge in [0.05, 0.1) is 48.6 Å². The second kappa shape index (κ2) is 11.4. The van der Waals surface area contributed by atoms with E-state index in [2.05, 4.69) is 26.3 Å². The molecule has 1 aliphatic rings. The summed E-state index contributed by atoms with van der Waals surface area (Å²) in [7, 11) is 1.60. The van der Waals surface area contributed by atoms with E-state index in [1.807, 2.05) is 12.1 Å². The monoisotopic (exact) mass is 474 g/mol. The molecule has 2 N–H and O–H groups in total. The highest BCUT2D eigenvalue weighted by Crippen LogP contribution is 2.28. The van der Waals surface area contributed by atoms with Gasteiger partial charge in [0.25, 0.3) is 0 Å². The van der Waals surface area contributed by atoms with Gasteiger partial charge in [0, 0.05) is 31.6 Å². The molecule has 2 aromatic heterocycles. The van der Waals surface area contributed by atoms with E-state index in [1.54, 1.807) is 43.7 Å². The number of carbonyl (C=O) groups is 1. The van der Waals surface area contributed by atoms with Gasteiger partial charge in [-0.3, -0.25) is 9.78 Å². The van der Waals surface area contributed by atoms with Crippen molar-refractivity contribution in [3.8, 4) is 23.1 Å². The van der Waals surface area contributed by atoms with Crippen LogP contribution < -0.4 is 10.1 Å². The molecular formula is C25H26N6O4. The van der Waals surface area contributed by atoms with Gasteiger partial charge in [-0.1, -0.05) is 0 Å². The predicted molar refractivity (Wildman–Crippen MR) is 128 cm³/mol. The minimum absolute atomic E-state index is 0.0483. The Hall–Kier alpha value is -4.07. The normalized spacial score (nSPS) is 13.6. The summed E-state index contributed by atoms with van der Waals surface area (Å²) in [6.07, 6.45) is 4.92. The average molecular weight is 475 g/mol.